The molecule has 0 radical (unpaired) electrons. The van der Waals surface area contributed by atoms with Gasteiger partial charge in [0.2, 0.25) is 0 Å². The molecular weight excluding hydrogens is 325 g/mol. The van der Waals surface area contributed by atoms with Crippen molar-refractivity contribution in [2.75, 3.05) is 0 Å². The SMILES string of the molecule is O=[N+]([O-])c1cccc2c(I)c(O)c(O)cc12. The van der Waals surface area contributed by atoms with E-state index in [-0.39, 0.29) is 17.2 Å². The third-order valence-corrected chi connectivity index (χ3v) is 3.34. The highest BCUT2D eigenvalue weighted by molar-refractivity contribution is 14.1. The van der Waals surface area contributed by atoms with Gasteiger partial charge in [-0.15, -0.1) is 0 Å². The maximum atomic E-state index is 10.8. The van der Waals surface area contributed by atoms with Crippen molar-refractivity contribution < 1.29 is 15.1 Å². The van der Waals surface area contributed by atoms with Crippen LogP contribution in [0, 0.1) is 13.7 Å². The van der Waals surface area contributed by atoms with Crippen molar-refractivity contribution in [3.8, 4) is 11.5 Å². The van der Waals surface area contributed by atoms with Gasteiger partial charge in [-0.1, -0.05) is 12.1 Å². The average molecular weight is 331 g/mol. The Hall–Kier alpha value is -1.57. The predicted octanol–water partition coefficient (Wildman–Crippen LogP) is 2.76. The van der Waals surface area contributed by atoms with Gasteiger partial charge in [-0.3, -0.25) is 10.1 Å². The predicted molar refractivity (Wildman–Crippen MR) is 66.6 cm³/mol. The van der Waals surface area contributed by atoms with Gasteiger partial charge >= 0.3 is 0 Å². The molecule has 6 heteroatoms. The zero-order valence-electron chi connectivity index (χ0n) is 7.85. The molecule has 2 aromatic carbocycles. The fourth-order valence-corrected chi connectivity index (χ4v) is 2.25. The monoisotopic (exact) mass is 331 g/mol. The van der Waals surface area contributed by atoms with Gasteiger partial charge in [-0.05, 0) is 28.7 Å². The number of non-ortho nitro benzene ring substituents is 1. The van der Waals surface area contributed by atoms with E-state index in [2.05, 4.69) is 0 Å². The molecule has 0 aliphatic carbocycles. The summed E-state index contributed by atoms with van der Waals surface area (Å²) in [5.41, 5.74) is -0.0919. The number of hydrogen-bond acceptors (Lipinski definition) is 4. The molecule has 0 bridgehead atoms. The molecule has 2 aromatic rings. The lowest BCUT2D eigenvalue weighted by molar-refractivity contribution is -0.383. The van der Waals surface area contributed by atoms with Crippen LogP contribution in [0.1, 0.15) is 0 Å². The second-order valence-corrected chi connectivity index (χ2v) is 4.27. The Kier molecular flexibility index (Phi) is 2.58. The molecule has 5 nitrogen and oxygen atoms in total. The number of fused-ring (bicyclic) bond motifs is 1. The number of halogens is 1. The summed E-state index contributed by atoms with van der Waals surface area (Å²) in [6, 6.07) is 5.75. The van der Waals surface area contributed by atoms with Crippen LogP contribution in [0.15, 0.2) is 24.3 Å². The molecule has 0 unspecified atom stereocenters. The molecule has 0 aliphatic heterocycles. The summed E-state index contributed by atoms with van der Waals surface area (Å²) in [7, 11) is 0. The molecule has 0 aliphatic rings. The van der Waals surface area contributed by atoms with Crippen LogP contribution < -0.4 is 0 Å². The molecule has 2 N–H and O–H groups in total. The van der Waals surface area contributed by atoms with Crippen LogP contribution in [0.2, 0.25) is 0 Å². The maximum absolute atomic E-state index is 10.8. The molecule has 0 heterocycles. The fourth-order valence-electron chi connectivity index (χ4n) is 1.50. The lowest BCUT2D eigenvalue weighted by atomic mass is 10.1. The summed E-state index contributed by atoms with van der Waals surface area (Å²) in [4.78, 5) is 10.3. The van der Waals surface area contributed by atoms with Gasteiger partial charge in [-0.2, -0.15) is 0 Å². The second kappa shape index (κ2) is 3.78. The number of nitrogens with zero attached hydrogens (tertiary/aromatic N) is 1. The summed E-state index contributed by atoms with van der Waals surface area (Å²) in [6.07, 6.45) is 0. The molecule has 82 valence electrons. The van der Waals surface area contributed by atoms with E-state index in [9.17, 15) is 20.3 Å². The molecule has 0 saturated heterocycles. The Balaban J connectivity index is 2.95. The van der Waals surface area contributed by atoms with Gasteiger partial charge in [0.25, 0.3) is 5.69 Å². The minimum atomic E-state index is -0.519. The Morgan fingerprint density at radius 2 is 1.94 bits per heavy atom. The first-order valence-electron chi connectivity index (χ1n) is 4.30. The molecule has 2 rings (SSSR count). The van der Waals surface area contributed by atoms with Gasteiger partial charge in [0.1, 0.15) is 0 Å². The number of phenols is 2. The first-order valence-corrected chi connectivity index (χ1v) is 5.38. The summed E-state index contributed by atoms with van der Waals surface area (Å²) in [5.74, 6) is -0.611. The minimum Gasteiger partial charge on any atom is -0.504 e. The van der Waals surface area contributed by atoms with E-state index in [1.54, 1.807) is 12.1 Å². The number of nitro benzene ring substituents is 1. The van der Waals surface area contributed by atoms with Crippen LogP contribution in [0.25, 0.3) is 10.8 Å². The summed E-state index contributed by atoms with van der Waals surface area (Å²) in [5, 5.41) is 30.6. The second-order valence-electron chi connectivity index (χ2n) is 3.19. The maximum Gasteiger partial charge on any atom is 0.277 e. The van der Waals surface area contributed by atoms with Crippen molar-refractivity contribution in [1.29, 1.82) is 0 Å². The molecule has 16 heavy (non-hydrogen) atoms. The van der Waals surface area contributed by atoms with Crippen molar-refractivity contribution in [2.24, 2.45) is 0 Å². The van der Waals surface area contributed by atoms with E-state index in [4.69, 9.17) is 0 Å². The molecule has 0 atom stereocenters. The van der Waals surface area contributed by atoms with Gasteiger partial charge < -0.3 is 10.2 Å². The average Bonchev–Trinajstić information content (AvgIpc) is 2.25. The fraction of sp³-hybridized carbons (Fsp3) is 0. The number of nitro groups is 1. The van der Waals surface area contributed by atoms with Crippen LogP contribution >= 0.6 is 22.6 Å². The van der Waals surface area contributed by atoms with E-state index in [1.165, 1.54) is 12.1 Å². The Morgan fingerprint density at radius 1 is 1.25 bits per heavy atom. The van der Waals surface area contributed by atoms with Crippen molar-refractivity contribution >= 4 is 39.1 Å². The number of phenolic OH excluding ortho intramolecular Hbond substituents is 2. The Labute approximate surface area is 104 Å². The smallest absolute Gasteiger partial charge is 0.277 e. The Morgan fingerprint density at radius 3 is 2.56 bits per heavy atom. The highest BCUT2D eigenvalue weighted by atomic mass is 127. The van der Waals surface area contributed by atoms with Crippen molar-refractivity contribution in [1.82, 2.24) is 0 Å². The van der Waals surface area contributed by atoms with Gasteiger partial charge in [0.15, 0.2) is 11.5 Å². The van der Waals surface area contributed by atoms with Crippen molar-refractivity contribution in [3.05, 3.63) is 37.9 Å². The highest BCUT2D eigenvalue weighted by Gasteiger charge is 2.17. The van der Waals surface area contributed by atoms with Gasteiger partial charge in [-0.25, -0.2) is 0 Å². The lowest BCUT2D eigenvalue weighted by Gasteiger charge is -2.05. The number of hydrogen-bond donors (Lipinski definition) is 2. The standard InChI is InChI=1S/C10H6INO4/c11-9-5-2-1-3-7(12(15)16)6(5)4-8(13)10(9)14/h1-4,13-14H. The number of aromatic hydroxyl groups is 2. The molecule has 0 fully saturated rings. The lowest BCUT2D eigenvalue weighted by Crippen LogP contribution is -1.90. The normalized spacial score (nSPS) is 10.6. The number of rotatable bonds is 1. The Bertz CT molecular complexity index is 597. The largest absolute Gasteiger partial charge is 0.504 e. The first-order chi connectivity index (χ1) is 7.52. The molecular formula is C10H6INO4. The van der Waals surface area contributed by atoms with Crippen LogP contribution in [0.3, 0.4) is 0 Å². The van der Waals surface area contributed by atoms with Gasteiger partial charge in [0.05, 0.1) is 13.9 Å². The van der Waals surface area contributed by atoms with E-state index in [0.717, 1.165) is 0 Å². The zero-order valence-corrected chi connectivity index (χ0v) is 10.0. The summed E-state index contributed by atoms with van der Waals surface area (Å²) >= 11 is 1.84. The highest BCUT2D eigenvalue weighted by Crippen LogP contribution is 2.39. The van der Waals surface area contributed by atoms with Crippen molar-refractivity contribution in [2.45, 2.75) is 0 Å². The van der Waals surface area contributed by atoms with E-state index in [0.29, 0.717) is 14.3 Å². The first kappa shape index (κ1) is 10.9. The third-order valence-electron chi connectivity index (χ3n) is 2.25. The van der Waals surface area contributed by atoms with Gasteiger partial charge in [0, 0.05) is 11.5 Å². The summed E-state index contributed by atoms with van der Waals surface area (Å²) < 4.78 is 0.399. The van der Waals surface area contributed by atoms with Crippen LogP contribution in [-0.4, -0.2) is 15.1 Å². The quantitative estimate of drug-likeness (QED) is 0.364. The van der Waals surface area contributed by atoms with Crippen LogP contribution in [0.4, 0.5) is 5.69 Å². The topological polar surface area (TPSA) is 83.6 Å². The van der Waals surface area contributed by atoms with E-state index in [1.807, 2.05) is 22.6 Å². The number of benzene rings is 2. The van der Waals surface area contributed by atoms with E-state index < -0.39 is 4.92 Å². The van der Waals surface area contributed by atoms with Crippen molar-refractivity contribution in [3.63, 3.8) is 0 Å². The minimum absolute atomic E-state index is 0.0919. The zero-order chi connectivity index (χ0) is 11.9. The molecule has 0 aromatic heterocycles. The molecule has 0 amide bonds. The van der Waals surface area contributed by atoms with Crippen LogP contribution in [0.5, 0.6) is 11.5 Å². The third kappa shape index (κ3) is 1.54. The molecule has 0 spiro atoms. The summed E-state index contributed by atoms with van der Waals surface area (Å²) in [6.45, 7) is 0. The van der Waals surface area contributed by atoms with E-state index >= 15 is 0 Å². The molecule has 0 saturated carbocycles. The van der Waals surface area contributed by atoms with Crippen LogP contribution in [-0.2, 0) is 0 Å².